The molecule has 1 aromatic rings. The zero-order valence-electron chi connectivity index (χ0n) is 11.0. The molecule has 24 heavy (non-hydrogen) atoms. The molecule has 0 atom stereocenters. The van der Waals surface area contributed by atoms with Crippen LogP contribution in [0.1, 0.15) is 0 Å². The van der Waals surface area contributed by atoms with Gasteiger partial charge in [-0.2, -0.15) is 0 Å². The third-order valence-corrected chi connectivity index (χ3v) is 2.58. The summed E-state index contributed by atoms with van der Waals surface area (Å²) in [6, 6.07) is 0. The fraction of sp³-hybridized carbons (Fsp3) is 0.400. The minimum Gasteiger partial charge on any atom is -0.375 e. The highest BCUT2D eigenvalue weighted by Gasteiger charge is 2.70. The molecule has 0 aliphatic rings. The summed E-state index contributed by atoms with van der Waals surface area (Å²) in [6.45, 7) is -1.67. The standard InChI is InChI=1S/C5H5N9O10/c6-3-2(10(15)16)4(11(17)18)8-9(3)7-1-5(12(19)20,13(21)22)14(23)24/h7H,1,6H2. The topological polar surface area (TPSA) is 272 Å². The van der Waals surface area contributed by atoms with Crippen LogP contribution in [-0.4, -0.2) is 46.8 Å². The number of hydrogen-bond donors (Lipinski definition) is 2. The second kappa shape index (κ2) is 5.90. The van der Waals surface area contributed by atoms with Gasteiger partial charge in [-0.15, -0.1) is 0 Å². The molecule has 0 bridgehead atoms. The van der Waals surface area contributed by atoms with Gasteiger partial charge >= 0.3 is 17.3 Å². The van der Waals surface area contributed by atoms with Gasteiger partial charge in [0.05, 0.1) is 10.0 Å². The van der Waals surface area contributed by atoms with Crippen LogP contribution < -0.4 is 11.2 Å². The van der Waals surface area contributed by atoms with E-state index in [2.05, 4.69) is 5.10 Å². The van der Waals surface area contributed by atoms with Crippen molar-refractivity contribution in [3.8, 4) is 0 Å². The van der Waals surface area contributed by atoms with Crippen molar-refractivity contribution in [3.05, 3.63) is 50.6 Å². The summed E-state index contributed by atoms with van der Waals surface area (Å²) < 4.78 is 0. The highest BCUT2D eigenvalue weighted by atomic mass is 16.7. The van der Waals surface area contributed by atoms with Gasteiger partial charge in [-0.1, -0.05) is 4.79 Å². The Morgan fingerprint density at radius 3 is 1.71 bits per heavy atom. The van der Waals surface area contributed by atoms with Crippen molar-refractivity contribution in [2.45, 2.75) is 5.79 Å². The second-order valence-corrected chi connectivity index (χ2v) is 3.86. The van der Waals surface area contributed by atoms with E-state index < -0.39 is 54.3 Å². The zero-order chi connectivity index (χ0) is 18.8. The summed E-state index contributed by atoms with van der Waals surface area (Å²) >= 11 is 0. The lowest BCUT2D eigenvalue weighted by Gasteiger charge is -2.09. The van der Waals surface area contributed by atoms with Crippen LogP contribution in [0.25, 0.3) is 0 Å². The maximum Gasteiger partial charge on any atom is 0.718 e. The Hall–Kier alpha value is -4.19. The lowest BCUT2D eigenvalue weighted by Crippen LogP contribution is -2.59. The summed E-state index contributed by atoms with van der Waals surface area (Å²) in [5, 5.41) is 56.4. The van der Waals surface area contributed by atoms with Crippen LogP contribution in [0.2, 0.25) is 0 Å². The number of hydrogen-bond acceptors (Lipinski definition) is 13. The van der Waals surface area contributed by atoms with E-state index in [1.807, 2.05) is 0 Å². The van der Waals surface area contributed by atoms with Gasteiger partial charge in [-0.25, -0.2) is 0 Å². The van der Waals surface area contributed by atoms with Crippen molar-refractivity contribution in [2.75, 3.05) is 17.7 Å². The van der Waals surface area contributed by atoms with Gasteiger partial charge in [0.25, 0.3) is 12.4 Å². The van der Waals surface area contributed by atoms with Crippen molar-refractivity contribution in [1.29, 1.82) is 0 Å². The van der Waals surface area contributed by atoms with Gasteiger partial charge in [0.2, 0.25) is 0 Å². The van der Waals surface area contributed by atoms with Crippen molar-refractivity contribution in [3.63, 3.8) is 0 Å². The van der Waals surface area contributed by atoms with Gasteiger partial charge in [0, 0.05) is 0 Å². The van der Waals surface area contributed by atoms with Crippen molar-refractivity contribution >= 4 is 17.3 Å². The molecule has 3 N–H and O–H groups in total. The minimum atomic E-state index is -3.97. The van der Waals surface area contributed by atoms with E-state index in [9.17, 15) is 50.6 Å². The number of nitro groups is 5. The largest absolute Gasteiger partial charge is 0.718 e. The molecule has 0 saturated heterocycles. The van der Waals surface area contributed by atoms with Crippen molar-refractivity contribution in [1.82, 2.24) is 9.89 Å². The van der Waals surface area contributed by atoms with Crippen molar-refractivity contribution in [2.24, 2.45) is 0 Å². The normalized spacial score (nSPS) is 10.8. The smallest absolute Gasteiger partial charge is 0.375 e. The SMILES string of the molecule is Nc1c([N+](=O)[O-])c([N+](=O)[O-])nn1NCC([N+](=O)[O-])([N+](=O)[O-])[N+](=O)[O-]. The van der Waals surface area contributed by atoms with Crippen LogP contribution in [0.5, 0.6) is 0 Å². The number of nitrogens with zero attached hydrogens (tertiary/aromatic N) is 7. The first-order valence-corrected chi connectivity index (χ1v) is 5.31. The number of anilines is 1. The Morgan fingerprint density at radius 2 is 1.42 bits per heavy atom. The first-order chi connectivity index (χ1) is 11.0. The predicted molar refractivity (Wildman–Crippen MR) is 67.9 cm³/mol. The van der Waals surface area contributed by atoms with Crippen LogP contribution in [0.3, 0.4) is 0 Å². The lowest BCUT2D eigenvalue weighted by molar-refractivity contribution is -0.965. The summed E-state index contributed by atoms with van der Waals surface area (Å²) in [5.41, 5.74) is 5.49. The highest BCUT2D eigenvalue weighted by molar-refractivity contribution is 5.63. The van der Waals surface area contributed by atoms with Gasteiger partial charge in [-0.05, 0) is 4.92 Å². The number of nitrogens with one attached hydrogen (secondary N) is 1. The van der Waals surface area contributed by atoms with E-state index in [0.717, 1.165) is 0 Å². The summed E-state index contributed by atoms with van der Waals surface area (Å²) in [5.74, 6) is -6.39. The fourth-order valence-corrected chi connectivity index (χ4v) is 1.40. The predicted octanol–water partition coefficient (Wildman–Crippen LogP) is -1.69. The molecular formula is C5H5N9O10. The van der Waals surface area contributed by atoms with E-state index in [0.29, 0.717) is 0 Å². The molecule has 19 nitrogen and oxygen atoms in total. The Kier molecular flexibility index (Phi) is 4.39. The number of aromatic nitrogens is 2. The Balaban J connectivity index is 3.32. The molecule has 0 radical (unpaired) electrons. The van der Waals surface area contributed by atoms with E-state index >= 15 is 0 Å². The van der Waals surface area contributed by atoms with Crippen LogP contribution in [0.15, 0.2) is 0 Å². The molecule has 1 aromatic heterocycles. The monoisotopic (exact) mass is 351 g/mol. The molecule has 0 unspecified atom stereocenters. The highest BCUT2D eigenvalue weighted by Crippen LogP contribution is 2.31. The Morgan fingerprint density at radius 1 is 0.958 bits per heavy atom. The summed E-state index contributed by atoms with van der Waals surface area (Å²) in [6.07, 6.45) is 0. The Bertz CT molecular complexity index is 716. The van der Waals surface area contributed by atoms with E-state index in [-0.39, 0.29) is 4.79 Å². The molecule has 0 saturated carbocycles. The molecule has 19 heteroatoms. The average molecular weight is 351 g/mol. The molecule has 1 heterocycles. The maximum atomic E-state index is 10.7. The summed E-state index contributed by atoms with van der Waals surface area (Å²) in [7, 11) is 0. The van der Waals surface area contributed by atoms with Crippen molar-refractivity contribution < 1.29 is 24.6 Å². The summed E-state index contributed by atoms with van der Waals surface area (Å²) in [4.78, 5) is 45.4. The van der Waals surface area contributed by atoms with E-state index in [1.54, 1.807) is 5.43 Å². The number of nitrogens with two attached hydrogens (primary N) is 1. The van der Waals surface area contributed by atoms with Gasteiger partial charge in [0.1, 0.15) is 0 Å². The molecular weight excluding hydrogens is 346 g/mol. The second-order valence-electron chi connectivity index (χ2n) is 3.86. The number of nitrogen functional groups attached to an aromatic ring is 1. The van der Waals surface area contributed by atoms with Crippen LogP contribution in [0, 0.1) is 50.6 Å². The van der Waals surface area contributed by atoms with Crippen LogP contribution in [-0.2, 0) is 0 Å². The van der Waals surface area contributed by atoms with Crippen LogP contribution >= 0.6 is 0 Å². The molecule has 0 amide bonds. The molecule has 0 aliphatic heterocycles. The minimum absolute atomic E-state index is 0.0293. The Labute approximate surface area is 127 Å². The quantitative estimate of drug-likeness (QED) is 0.300. The maximum absolute atomic E-state index is 10.7. The number of rotatable bonds is 8. The average Bonchev–Trinajstić information content (AvgIpc) is 2.75. The van der Waals surface area contributed by atoms with Gasteiger partial charge < -0.3 is 15.8 Å². The van der Waals surface area contributed by atoms with Gasteiger partial charge in [-0.3, -0.25) is 45.9 Å². The van der Waals surface area contributed by atoms with E-state index in [4.69, 9.17) is 5.73 Å². The third-order valence-electron chi connectivity index (χ3n) is 2.58. The van der Waals surface area contributed by atoms with Gasteiger partial charge in [0.15, 0.2) is 14.8 Å². The zero-order valence-corrected chi connectivity index (χ0v) is 11.0. The molecule has 0 aromatic carbocycles. The van der Waals surface area contributed by atoms with Crippen LogP contribution in [0.4, 0.5) is 17.3 Å². The molecule has 130 valence electrons. The molecule has 1 rings (SSSR count). The molecule has 0 aliphatic carbocycles. The fourth-order valence-electron chi connectivity index (χ4n) is 1.40. The molecule has 0 fully saturated rings. The first kappa shape index (κ1) is 17.9. The third kappa shape index (κ3) is 2.62. The first-order valence-electron chi connectivity index (χ1n) is 5.31. The van der Waals surface area contributed by atoms with E-state index in [1.165, 1.54) is 0 Å². The lowest BCUT2D eigenvalue weighted by atomic mass is 10.4. The molecule has 0 spiro atoms.